The Morgan fingerprint density at radius 2 is 1.71 bits per heavy atom. The number of carbonyl (C=O) groups excluding carboxylic acids is 1. The summed E-state index contributed by atoms with van der Waals surface area (Å²) < 4.78 is 0. The van der Waals surface area contributed by atoms with Gasteiger partial charge in [-0.3, -0.25) is 9.69 Å². The molecule has 0 spiro atoms. The number of amides is 1. The maximum absolute atomic E-state index is 12.2. The lowest BCUT2D eigenvalue weighted by atomic mass is 9.76. The number of carbonyl (C=O) groups is 1. The largest absolute Gasteiger partial charge is 0.339 e. The zero-order valence-electron chi connectivity index (χ0n) is 10.5. The molecule has 0 aromatic rings. The summed E-state index contributed by atoms with van der Waals surface area (Å²) in [4.78, 5) is 16.8. The highest BCUT2D eigenvalue weighted by Crippen LogP contribution is 2.32. The smallest absolute Gasteiger partial charge is 0.242 e. The van der Waals surface area contributed by atoms with Crippen molar-refractivity contribution in [2.45, 2.75) is 50.1 Å². The molecule has 1 heterocycles. The van der Waals surface area contributed by atoms with Gasteiger partial charge in [-0.15, -0.1) is 0 Å². The van der Waals surface area contributed by atoms with E-state index in [-0.39, 0.29) is 5.91 Å². The molecule has 0 bridgehead atoms. The van der Waals surface area contributed by atoms with Crippen molar-refractivity contribution in [1.82, 2.24) is 9.80 Å². The van der Waals surface area contributed by atoms with Crippen LogP contribution in [0.1, 0.15) is 38.5 Å². The topological polar surface area (TPSA) is 49.6 Å². The molecule has 0 aromatic heterocycles. The summed E-state index contributed by atoms with van der Waals surface area (Å²) >= 11 is 0. The minimum absolute atomic E-state index is 0.206. The summed E-state index contributed by atoms with van der Waals surface area (Å²) in [6, 6.07) is 0.808. The van der Waals surface area contributed by atoms with Crippen molar-refractivity contribution in [3.05, 3.63) is 0 Å². The van der Waals surface area contributed by atoms with Crippen molar-refractivity contribution in [3.63, 3.8) is 0 Å². The fraction of sp³-hybridized carbons (Fsp3) is 0.923. The summed E-state index contributed by atoms with van der Waals surface area (Å²) in [7, 11) is 0. The molecule has 2 saturated carbocycles. The summed E-state index contributed by atoms with van der Waals surface area (Å²) in [5, 5.41) is 0. The molecule has 2 N–H and O–H groups in total. The predicted molar refractivity (Wildman–Crippen MR) is 66.6 cm³/mol. The molecular formula is C13H23N3O. The Morgan fingerprint density at radius 1 is 1.06 bits per heavy atom. The molecule has 1 saturated heterocycles. The Bertz CT molecular complexity index is 302. The average Bonchev–Trinajstić information content (AvgIpc) is 2.24. The number of rotatable bonds is 2. The van der Waals surface area contributed by atoms with Gasteiger partial charge >= 0.3 is 0 Å². The van der Waals surface area contributed by atoms with E-state index in [9.17, 15) is 4.79 Å². The lowest BCUT2D eigenvalue weighted by Gasteiger charge is -2.46. The second kappa shape index (κ2) is 4.25. The van der Waals surface area contributed by atoms with Crippen LogP contribution in [0.4, 0.5) is 0 Å². The lowest BCUT2D eigenvalue weighted by Crippen LogP contribution is -2.63. The van der Waals surface area contributed by atoms with Crippen LogP contribution >= 0.6 is 0 Å². The molecule has 4 nitrogen and oxygen atoms in total. The van der Waals surface area contributed by atoms with E-state index >= 15 is 0 Å². The summed E-state index contributed by atoms with van der Waals surface area (Å²) in [6.07, 6.45) is 6.98. The molecule has 1 aliphatic heterocycles. The molecule has 17 heavy (non-hydrogen) atoms. The first-order valence-electron chi connectivity index (χ1n) is 7.01. The van der Waals surface area contributed by atoms with E-state index in [2.05, 4.69) is 4.90 Å². The summed E-state index contributed by atoms with van der Waals surface area (Å²) in [5.41, 5.74) is 5.60. The van der Waals surface area contributed by atoms with Gasteiger partial charge in [-0.1, -0.05) is 6.42 Å². The Hall–Kier alpha value is -0.610. The van der Waals surface area contributed by atoms with Crippen molar-refractivity contribution in [3.8, 4) is 0 Å². The Balaban J connectivity index is 1.52. The molecule has 3 rings (SSSR count). The average molecular weight is 237 g/mol. The van der Waals surface area contributed by atoms with Crippen LogP contribution in [0.15, 0.2) is 0 Å². The van der Waals surface area contributed by atoms with E-state index in [4.69, 9.17) is 5.73 Å². The van der Waals surface area contributed by atoms with Crippen molar-refractivity contribution in [2.24, 2.45) is 5.73 Å². The van der Waals surface area contributed by atoms with Gasteiger partial charge in [0, 0.05) is 32.2 Å². The number of hydrogen-bond donors (Lipinski definition) is 1. The third kappa shape index (κ3) is 1.97. The van der Waals surface area contributed by atoms with Gasteiger partial charge in [-0.2, -0.15) is 0 Å². The highest BCUT2D eigenvalue weighted by atomic mass is 16.2. The van der Waals surface area contributed by atoms with Gasteiger partial charge in [-0.25, -0.2) is 0 Å². The molecule has 0 unspecified atom stereocenters. The van der Waals surface area contributed by atoms with E-state index < -0.39 is 5.54 Å². The summed E-state index contributed by atoms with van der Waals surface area (Å²) in [5.74, 6) is 0.206. The minimum atomic E-state index is -0.501. The van der Waals surface area contributed by atoms with Gasteiger partial charge < -0.3 is 10.6 Å². The lowest BCUT2D eigenvalue weighted by molar-refractivity contribution is -0.142. The monoisotopic (exact) mass is 237 g/mol. The van der Waals surface area contributed by atoms with Gasteiger partial charge in [0.1, 0.15) is 0 Å². The summed E-state index contributed by atoms with van der Waals surface area (Å²) in [6.45, 7) is 3.86. The standard InChI is InChI=1S/C13H23N3O/c14-13(5-2-6-13)12(17)16-9-7-15(8-10-16)11-3-1-4-11/h11H,1-10,14H2. The minimum Gasteiger partial charge on any atom is -0.339 e. The third-order valence-electron chi connectivity index (χ3n) is 4.86. The number of hydrogen-bond acceptors (Lipinski definition) is 3. The molecule has 3 aliphatic rings. The van der Waals surface area contributed by atoms with E-state index in [1.54, 1.807) is 0 Å². The Morgan fingerprint density at radius 3 is 2.12 bits per heavy atom. The highest BCUT2D eigenvalue weighted by Gasteiger charge is 2.43. The third-order valence-corrected chi connectivity index (χ3v) is 4.86. The zero-order valence-corrected chi connectivity index (χ0v) is 10.5. The van der Waals surface area contributed by atoms with Gasteiger partial charge in [0.05, 0.1) is 5.54 Å². The van der Waals surface area contributed by atoms with Crippen molar-refractivity contribution >= 4 is 5.91 Å². The highest BCUT2D eigenvalue weighted by molar-refractivity contribution is 5.87. The van der Waals surface area contributed by atoms with E-state index in [1.165, 1.54) is 19.3 Å². The molecule has 1 amide bonds. The first kappa shape index (κ1) is 11.5. The van der Waals surface area contributed by atoms with E-state index in [0.717, 1.165) is 51.5 Å². The van der Waals surface area contributed by atoms with Crippen LogP contribution in [0, 0.1) is 0 Å². The van der Waals surface area contributed by atoms with Crippen molar-refractivity contribution in [1.29, 1.82) is 0 Å². The van der Waals surface area contributed by atoms with Crippen LogP contribution in [0.5, 0.6) is 0 Å². The first-order chi connectivity index (χ1) is 8.19. The van der Waals surface area contributed by atoms with Crippen LogP contribution in [-0.2, 0) is 4.79 Å². The number of nitrogens with zero attached hydrogens (tertiary/aromatic N) is 2. The molecular weight excluding hydrogens is 214 g/mol. The molecule has 4 heteroatoms. The molecule has 0 aromatic carbocycles. The molecule has 3 fully saturated rings. The molecule has 0 radical (unpaired) electrons. The molecule has 0 atom stereocenters. The number of nitrogens with two attached hydrogens (primary N) is 1. The van der Waals surface area contributed by atoms with Crippen LogP contribution < -0.4 is 5.73 Å². The predicted octanol–water partition coefficient (Wildman–Crippen LogP) is 0.564. The maximum Gasteiger partial charge on any atom is 0.242 e. The Kier molecular flexibility index (Phi) is 2.87. The van der Waals surface area contributed by atoms with Crippen LogP contribution in [-0.4, -0.2) is 53.5 Å². The van der Waals surface area contributed by atoms with Crippen molar-refractivity contribution in [2.75, 3.05) is 26.2 Å². The fourth-order valence-corrected chi connectivity index (χ4v) is 3.13. The Labute approximate surface area is 103 Å². The van der Waals surface area contributed by atoms with E-state index in [0.29, 0.717) is 0 Å². The second-order valence-corrected chi connectivity index (χ2v) is 5.92. The van der Waals surface area contributed by atoms with E-state index in [1.807, 2.05) is 4.90 Å². The van der Waals surface area contributed by atoms with Crippen LogP contribution in [0.25, 0.3) is 0 Å². The number of piperazine rings is 1. The fourth-order valence-electron chi connectivity index (χ4n) is 3.13. The van der Waals surface area contributed by atoms with Crippen LogP contribution in [0.2, 0.25) is 0 Å². The van der Waals surface area contributed by atoms with Crippen LogP contribution in [0.3, 0.4) is 0 Å². The first-order valence-corrected chi connectivity index (χ1v) is 7.01. The molecule has 2 aliphatic carbocycles. The van der Waals surface area contributed by atoms with Crippen molar-refractivity contribution < 1.29 is 4.79 Å². The SMILES string of the molecule is NC1(C(=O)N2CCN(C3CCC3)CC2)CCC1. The second-order valence-electron chi connectivity index (χ2n) is 5.92. The van der Waals surface area contributed by atoms with Gasteiger partial charge in [0.15, 0.2) is 0 Å². The van der Waals surface area contributed by atoms with Gasteiger partial charge in [-0.05, 0) is 32.1 Å². The van der Waals surface area contributed by atoms with Gasteiger partial charge in [0.25, 0.3) is 0 Å². The maximum atomic E-state index is 12.2. The normalized spacial score (nSPS) is 29.6. The quantitative estimate of drug-likeness (QED) is 0.763. The van der Waals surface area contributed by atoms with Gasteiger partial charge in [0.2, 0.25) is 5.91 Å². The zero-order chi connectivity index (χ0) is 11.9. The molecule has 96 valence electrons.